The van der Waals surface area contributed by atoms with E-state index in [0.717, 1.165) is 18.4 Å². The molecule has 3 rings (SSSR count). The smallest absolute Gasteiger partial charge is 0.268 e. The first kappa shape index (κ1) is 14.9. The molecule has 4 nitrogen and oxygen atoms in total. The quantitative estimate of drug-likeness (QED) is 0.825. The molecular weight excluding hydrogens is 300 g/mol. The average Bonchev–Trinajstić information content (AvgIpc) is 3.20. The number of hydrogen-bond acceptors (Lipinski definition) is 2. The van der Waals surface area contributed by atoms with Crippen LogP contribution in [0.1, 0.15) is 52.2 Å². The van der Waals surface area contributed by atoms with Gasteiger partial charge < -0.3 is 10.3 Å². The van der Waals surface area contributed by atoms with Crippen LogP contribution in [0.5, 0.6) is 0 Å². The van der Waals surface area contributed by atoms with Crippen LogP contribution in [-0.2, 0) is 0 Å². The third-order valence-electron chi connectivity index (χ3n) is 3.94. The van der Waals surface area contributed by atoms with E-state index in [0.29, 0.717) is 22.2 Å². The minimum atomic E-state index is -0.195. The summed E-state index contributed by atoms with van der Waals surface area (Å²) in [5, 5.41) is 3.74. The Hall–Kier alpha value is -2.07. The normalized spacial score (nSPS) is 15.4. The molecule has 22 heavy (non-hydrogen) atoms. The standard InChI is InChI=1S/C17H17ClN2O2/c1-10(21)13-8-15(19-9-13)17(22)20-16(11-2-3-11)12-4-6-14(18)7-5-12/h4-9,11,16,19H,2-3H2,1H3,(H,20,22)/t16-/m0/s1. The number of hydrogen-bond donors (Lipinski definition) is 2. The highest BCUT2D eigenvalue weighted by Gasteiger charge is 2.33. The first-order valence-electron chi connectivity index (χ1n) is 7.30. The van der Waals surface area contributed by atoms with E-state index in [1.54, 1.807) is 12.3 Å². The van der Waals surface area contributed by atoms with Crippen LogP contribution in [0.25, 0.3) is 0 Å². The summed E-state index contributed by atoms with van der Waals surface area (Å²) in [6.45, 7) is 1.48. The second-order valence-electron chi connectivity index (χ2n) is 5.70. The number of rotatable bonds is 5. The molecule has 0 bridgehead atoms. The highest BCUT2D eigenvalue weighted by Crippen LogP contribution is 2.41. The van der Waals surface area contributed by atoms with Gasteiger partial charge in [0.05, 0.1) is 6.04 Å². The van der Waals surface area contributed by atoms with E-state index in [1.165, 1.54) is 6.92 Å². The maximum absolute atomic E-state index is 12.4. The van der Waals surface area contributed by atoms with Gasteiger partial charge in [-0.25, -0.2) is 0 Å². The molecule has 0 unspecified atom stereocenters. The van der Waals surface area contributed by atoms with Crippen LogP contribution >= 0.6 is 11.6 Å². The minimum Gasteiger partial charge on any atom is -0.356 e. The maximum Gasteiger partial charge on any atom is 0.268 e. The van der Waals surface area contributed by atoms with Gasteiger partial charge in [-0.05, 0) is 49.4 Å². The number of carbonyl (C=O) groups excluding carboxylic acids is 2. The third kappa shape index (κ3) is 3.22. The Morgan fingerprint density at radius 3 is 2.50 bits per heavy atom. The number of carbonyl (C=O) groups is 2. The summed E-state index contributed by atoms with van der Waals surface area (Å²) in [5.41, 5.74) is 1.98. The zero-order valence-electron chi connectivity index (χ0n) is 12.2. The van der Waals surface area contributed by atoms with Gasteiger partial charge in [-0.15, -0.1) is 0 Å². The fourth-order valence-electron chi connectivity index (χ4n) is 2.52. The van der Waals surface area contributed by atoms with Crippen LogP contribution < -0.4 is 5.32 Å². The number of ketones is 1. The lowest BCUT2D eigenvalue weighted by Gasteiger charge is -2.18. The summed E-state index contributed by atoms with van der Waals surface area (Å²) in [4.78, 5) is 26.6. The number of H-pyrrole nitrogens is 1. The summed E-state index contributed by atoms with van der Waals surface area (Å²) >= 11 is 5.92. The molecule has 2 aromatic rings. The molecule has 1 saturated carbocycles. The maximum atomic E-state index is 12.4. The molecule has 0 radical (unpaired) electrons. The van der Waals surface area contributed by atoms with Crippen molar-refractivity contribution < 1.29 is 9.59 Å². The molecule has 1 amide bonds. The number of Topliss-reactive ketones (excluding diaryl/α,β-unsaturated/α-hetero) is 1. The molecule has 0 aliphatic heterocycles. The van der Waals surface area contributed by atoms with Crippen molar-refractivity contribution in [1.29, 1.82) is 0 Å². The van der Waals surface area contributed by atoms with Gasteiger partial charge in [-0.1, -0.05) is 23.7 Å². The molecule has 1 aromatic carbocycles. The summed E-state index contributed by atoms with van der Waals surface area (Å²) in [6, 6.07) is 9.13. The molecule has 114 valence electrons. The zero-order chi connectivity index (χ0) is 15.7. The van der Waals surface area contributed by atoms with Crippen LogP contribution in [-0.4, -0.2) is 16.7 Å². The first-order chi connectivity index (χ1) is 10.5. The SMILES string of the molecule is CC(=O)c1c[nH]c(C(=O)N[C@H](c2ccc(Cl)cc2)C2CC2)c1. The number of aromatic nitrogens is 1. The van der Waals surface area contributed by atoms with Crippen molar-refractivity contribution >= 4 is 23.3 Å². The van der Waals surface area contributed by atoms with Crippen LogP contribution in [0.3, 0.4) is 0 Å². The van der Waals surface area contributed by atoms with Crippen LogP contribution in [0.2, 0.25) is 5.02 Å². The molecule has 1 atom stereocenters. The molecule has 0 spiro atoms. The lowest BCUT2D eigenvalue weighted by atomic mass is 10.0. The van der Waals surface area contributed by atoms with Crippen molar-refractivity contribution in [3.8, 4) is 0 Å². The average molecular weight is 317 g/mol. The van der Waals surface area contributed by atoms with E-state index in [9.17, 15) is 9.59 Å². The largest absolute Gasteiger partial charge is 0.356 e. The van der Waals surface area contributed by atoms with E-state index < -0.39 is 0 Å². The van der Waals surface area contributed by atoms with E-state index >= 15 is 0 Å². The second-order valence-corrected chi connectivity index (χ2v) is 6.13. The van der Waals surface area contributed by atoms with Gasteiger partial charge in [0.1, 0.15) is 5.69 Å². The van der Waals surface area contributed by atoms with E-state index in [4.69, 9.17) is 11.6 Å². The fourth-order valence-corrected chi connectivity index (χ4v) is 2.65. The molecule has 5 heteroatoms. The molecule has 1 aromatic heterocycles. The van der Waals surface area contributed by atoms with Crippen molar-refractivity contribution in [2.24, 2.45) is 5.92 Å². The first-order valence-corrected chi connectivity index (χ1v) is 7.68. The molecule has 2 N–H and O–H groups in total. The molecule has 1 aliphatic rings. The van der Waals surface area contributed by atoms with Crippen molar-refractivity contribution in [1.82, 2.24) is 10.3 Å². The number of halogens is 1. The predicted molar refractivity (Wildman–Crippen MR) is 85.2 cm³/mol. The van der Waals surface area contributed by atoms with Crippen molar-refractivity contribution in [2.75, 3.05) is 0 Å². The van der Waals surface area contributed by atoms with Gasteiger partial charge in [0.25, 0.3) is 5.91 Å². The lowest BCUT2D eigenvalue weighted by Crippen LogP contribution is -2.30. The van der Waals surface area contributed by atoms with Crippen LogP contribution in [0.15, 0.2) is 36.5 Å². The Morgan fingerprint density at radius 1 is 1.27 bits per heavy atom. The minimum absolute atomic E-state index is 0.0196. The highest BCUT2D eigenvalue weighted by atomic mass is 35.5. The van der Waals surface area contributed by atoms with Gasteiger partial charge in [0.15, 0.2) is 5.78 Å². The molecule has 1 heterocycles. The van der Waals surface area contributed by atoms with E-state index in [2.05, 4.69) is 10.3 Å². The molecular formula is C17H17ClN2O2. The third-order valence-corrected chi connectivity index (χ3v) is 4.20. The number of nitrogens with one attached hydrogen (secondary N) is 2. The number of benzene rings is 1. The van der Waals surface area contributed by atoms with Gasteiger partial charge >= 0.3 is 0 Å². The molecule has 0 saturated heterocycles. The second kappa shape index (κ2) is 5.97. The zero-order valence-corrected chi connectivity index (χ0v) is 13.0. The lowest BCUT2D eigenvalue weighted by molar-refractivity contribution is 0.0927. The number of aromatic amines is 1. The number of amides is 1. The van der Waals surface area contributed by atoms with E-state index in [1.807, 2.05) is 24.3 Å². The highest BCUT2D eigenvalue weighted by molar-refractivity contribution is 6.30. The fraction of sp³-hybridized carbons (Fsp3) is 0.294. The van der Waals surface area contributed by atoms with Gasteiger partial charge in [0.2, 0.25) is 0 Å². The van der Waals surface area contributed by atoms with Crippen molar-refractivity contribution in [3.63, 3.8) is 0 Å². The molecule has 1 aliphatic carbocycles. The predicted octanol–water partition coefficient (Wildman–Crippen LogP) is 3.75. The Balaban J connectivity index is 1.77. The van der Waals surface area contributed by atoms with Crippen molar-refractivity contribution in [2.45, 2.75) is 25.8 Å². The van der Waals surface area contributed by atoms with Crippen molar-refractivity contribution in [3.05, 3.63) is 58.4 Å². The monoisotopic (exact) mass is 316 g/mol. The Labute approximate surface area is 133 Å². The van der Waals surface area contributed by atoms with Gasteiger partial charge in [0, 0.05) is 16.8 Å². The Kier molecular flexibility index (Phi) is 4.03. The van der Waals surface area contributed by atoms with Crippen LogP contribution in [0, 0.1) is 5.92 Å². The Morgan fingerprint density at radius 2 is 1.95 bits per heavy atom. The summed E-state index contributed by atoms with van der Waals surface area (Å²) < 4.78 is 0. The topological polar surface area (TPSA) is 62.0 Å². The summed E-state index contributed by atoms with van der Waals surface area (Å²) in [5.74, 6) is 0.207. The Bertz CT molecular complexity index is 702. The van der Waals surface area contributed by atoms with Gasteiger partial charge in [-0.3, -0.25) is 9.59 Å². The summed E-state index contributed by atoms with van der Waals surface area (Å²) in [6.07, 6.45) is 3.78. The molecule has 1 fully saturated rings. The summed E-state index contributed by atoms with van der Waals surface area (Å²) in [7, 11) is 0. The van der Waals surface area contributed by atoms with E-state index in [-0.39, 0.29) is 17.7 Å². The van der Waals surface area contributed by atoms with Crippen LogP contribution in [0.4, 0.5) is 0 Å². The van der Waals surface area contributed by atoms with Gasteiger partial charge in [-0.2, -0.15) is 0 Å².